The fourth-order valence-electron chi connectivity index (χ4n) is 0.968. The van der Waals surface area contributed by atoms with Crippen LogP contribution >= 0.6 is 0 Å². The summed E-state index contributed by atoms with van der Waals surface area (Å²) in [7, 11) is 0. The molecule has 0 saturated heterocycles. The van der Waals surface area contributed by atoms with E-state index in [1.807, 2.05) is 80.6 Å². The Balaban J connectivity index is 0. The van der Waals surface area contributed by atoms with Crippen LogP contribution in [-0.4, -0.2) is 11.4 Å². The molecule has 0 unspecified atom stereocenters. The van der Waals surface area contributed by atoms with Gasteiger partial charge in [0.1, 0.15) is 6.29 Å². The molecule has 0 bridgehead atoms. The molecule has 0 aromatic heterocycles. The average Bonchev–Trinajstić information content (AvgIpc) is 2.53. The Morgan fingerprint density at radius 2 is 1.11 bits per heavy atom. The molecule has 0 spiro atoms. The van der Waals surface area contributed by atoms with Crippen LogP contribution in [0.2, 0.25) is 0 Å². The Morgan fingerprint density at radius 1 is 0.842 bits per heavy atom. The van der Waals surface area contributed by atoms with E-state index in [1.54, 1.807) is 0 Å². The lowest BCUT2D eigenvalue weighted by Gasteiger charge is -1.89. The van der Waals surface area contributed by atoms with Crippen molar-refractivity contribution in [3.8, 4) is 0 Å². The van der Waals surface area contributed by atoms with Gasteiger partial charge < -0.3 is 9.90 Å². The highest BCUT2D eigenvalue weighted by atomic mass is 16.3. The maximum atomic E-state index is 8.81. The van der Waals surface area contributed by atoms with Crippen LogP contribution in [0.4, 0.5) is 0 Å². The third kappa shape index (κ3) is 16.1. The minimum Gasteiger partial charge on any atom is -0.392 e. The fourth-order valence-corrected chi connectivity index (χ4v) is 0.968. The molecule has 2 rings (SSSR count). The van der Waals surface area contributed by atoms with E-state index < -0.39 is 0 Å². The molecule has 1 N–H and O–H groups in total. The minimum atomic E-state index is 0.140. The van der Waals surface area contributed by atoms with Crippen LogP contribution in [0.3, 0.4) is 0 Å². The molecule has 0 fully saturated rings. The quantitative estimate of drug-likeness (QED) is 0.784. The molecular weight excluding hydrogens is 236 g/mol. The predicted molar refractivity (Wildman–Crippen MR) is 81.9 cm³/mol. The van der Waals surface area contributed by atoms with E-state index in [0.717, 1.165) is 11.8 Å². The van der Waals surface area contributed by atoms with Gasteiger partial charge in [0.2, 0.25) is 0 Å². The maximum Gasteiger partial charge on any atom is 0.116 e. The molecule has 2 aromatic carbocycles. The minimum absolute atomic E-state index is 0.140. The van der Waals surface area contributed by atoms with Crippen molar-refractivity contribution in [2.75, 3.05) is 0 Å². The van der Waals surface area contributed by atoms with Gasteiger partial charge >= 0.3 is 0 Å². The van der Waals surface area contributed by atoms with Gasteiger partial charge in [0.15, 0.2) is 0 Å². The molecule has 104 valence electrons. The van der Waals surface area contributed by atoms with Crippen LogP contribution in [0.15, 0.2) is 66.7 Å². The molecular formula is C17H24O2. The van der Waals surface area contributed by atoms with Crippen molar-refractivity contribution in [2.24, 2.45) is 0 Å². The summed E-state index contributed by atoms with van der Waals surface area (Å²) in [5.74, 6) is 0. The zero-order valence-corrected chi connectivity index (χ0v) is 12.0. The molecule has 19 heavy (non-hydrogen) atoms. The highest BCUT2D eigenvalue weighted by molar-refractivity contribution is 5.44. The molecule has 2 nitrogen and oxygen atoms in total. The Labute approximate surface area is 116 Å². The molecule has 0 saturated carbocycles. The second kappa shape index (κ2) is 18.4. The normalized spacial score (nSPS) is 7.37. The van der Waals surface area contributed by atoms with Crippen LogP contribution in [0.25, 0.3) is 0 Å². The van der Waals surface area contributed by atoms with Crippen molar-refractivity contribution in [1.29, 1.82) is 0 Å². The third-order valence-electron chi connectivity index (χ3n) is 1.69. The number of hydrogen-bond acceptors (Lipinski definition) is 2. The van der Waals surface area contributed by atoms with Gasteiger partial charge in [-0.1, -0.05) is 80.6 Å². The summed E-state index contributed by atoms with van der Waals surface area (Å²) in [6.45, 7) is 5.58. The van der Waals surface area contributed by atoms with Gasteiger partial charge in [-0.15, -0.1) is 0 Å². The first kappa shape index (κ1) is 19.4. The average molecular weight is 260 g/mol. The number of carbonyl (C=O) groups excluding carboxylic acids is 1. The van der Waals surface area contributed by atoms with Crippen LogP contribution in [0.5, 0.6) is 0 Å². The van der Waals surface area contributed by atoms with E-state index >= 15 is 0 Å². The van der Waals surface area contributed by atoms with Crippen molar-refractivity contribution in [3.63, 3.8) is 0 Å². The molecule has 0 amide bonds. The monoisotopic (exact) mass is 260 g/mol. The van der Waals surface area contributed by atoms with Crippen LogP contribution in [0, 0.1) is 0 Å². The topological polar surface area (TPSA) is 37.3 Å². The SMILES string of the molecule is CC.CC=O.OCc1ccccc1.c1ccccc1. The number of aldehydes is 1. The summed E-state index contributed by atoms with van der Waals surface area (Å²) in [5, 5.41) is 8.54. The molecule has 0 aliphatic rings. The van der Waals surface area contributed by atoms with Gasteiger partial charge in [-0.05, 0) is 12.5 Å². The standard InChI is InChI=1S/C7H8O.C6H6.C2H4O.C2H6/c8-6-7-4-2-1-3-5-7;1-2-4-6-5-3-1;1-2-3;1-2/h1-5,8H,6H2;1-6H;2H,1H3;1-2H3. The van der Waals surface area contributed by atoms with Gasteiger partial charge in [-0.2, -0.15) is 0 Å². The second-order valence-corrected chi connectivity index (χ2v) is 3.03. The van der Waals surface area contributed by atoms with E-state index in [-0.39, 0.29) is 6.61 Å². The van der Waals surface area contributed by atoms with Gasteiger partial charge in [-0.3, -0.25) is 0 Å². The number of aliphatic hydroxyl groups is 1. The first-order valence-electron chi connectivity index (χ1n) is 6.39. The van der Waals surface area contributed by atoms with Crippen LogP contribution < -0.4 is 0 Å². The predicted octanol–water partition coefficient (Wildman–Crippen LogP) is 4.10. The lowest BCUT2D eigenvalue weighted by atomic mass is 10.2. The number of hydrogen-bond donors (Lipinski definition) is 1. The summed E-state index contributed by atoms with van der Waals surface area (Å²) in [4.78, 5) is 8.81. The van der Waals surface area contributed by atoms with Gasteiger partial charge in [0.25, 0.3) is 0 Å². The molecule has 0 aliphatic carbocycles. The molecule has 0 aliphatic heterocycles. The first-order chi connectivity index (χ1) is 9.35. The largest absolute Gasteiger partial charge is 0.392 e. The molecule has 0 radical (unpaired) electrons. The van der Waals surface area contributed by atoms with E-state index in [1.165, 1.54) is 6.92 Å². The summed E-state index contributed by atoms with van der Waals surface area (Å²) < 4.78 is 0. The third-order valence-corrected chi connectivity index (χ3v) is 1.69. The second-order valence-electron chi connectivity index (χ2n) is 3.03. The fraction of sp³-hybridized carbons (Fsp3) is 0.235. The number of benzene rings is 2. The summed E-state index contributed by atoms with van der Waals surface area (Å²) >= 11 is 0. The Bertz CT molecular complexity index is 331. The number of rotatable bonds is 1. The lowest BCUT2D eigenvalue weighted by Crippen LogP contribution is -1.77. The lowest BCUT2D eigenvalue weighted by molar-refractivity contribution is -0.106. The zero-order chi connectivity index (χ0) is 14.8. The van der Waals surface area contributed by atoms with E-state index in [4.69, 9.17) is 9.90 Å². The Hall–Kier alpha value is -1.93. The Kier molecular flexibility index (Phi) is 18.8. The van der Waals surface area contributed by atoms with E-state index in [2.05, 4.69) is 0 Å². The first-order valence-corrected chi connectivity index (χ1v) is 6.39. The Morgan fingerprint density at radius 3 is 1.32 bits per heavy atom. The maximum absolute atomic E-state index is 8.81. The van der Waals surface area contributed by atoms with E-state index in [0.29, 0.717) is 0 Å². The highest BCUT2D eigenvalue weighted by Crippen LogP contribution is 1.95. The highest BCUT2D eigenvalue weighted by Gasteiger charge is 1.81. The molecule has 0 heterocycles. The number of aliphatic hydroxyl groups excluding tert-OH is 1. The summed E-state index contributed by atoms with van der Waals surface area (Å²) in [6.07, 6.45) is 0.750. The van der Waals surface area contributed by atoms with E-state index in [9.17, 15) is 0 Å². The van der Waals surface area contributed by atoms with Crippen molar-refractivity contribution in [3.05, 3.63) is 72.3 Å². The zero-order valence-electron chi connectivity index (χ0n) is 12.0. The molecule has 0 atom stereocenters. The summed E-state index contributed by atoms with van der Waals surface area (Å²) in [6, 6.07) is 21.5. The molecule has 2 heteroatoms. The van der Waals surface area contributed by atoms with Gasteiger partial charge in [0.05, 0.1) is 6.61 Å². The van der Waals surface area contributed by atoms with Crippen LogP contribution in [-0.2, 0) is 11.4 Å². The molecule has 2 aromatic rings. The van der Waals surface area contributed by atoms with Crippen molar-refractivity contribution < 1.29 is 9.90 Å². The van der Waals surface area contributed by atoms with Crippen molar-refractivity contribution in [2.45, 2.75) is 27.4 Å². The van der Waals surface area contributed by atoms with Crippen LogP contribution in [0.1, 0.15) is 26.3 Å². The van der Waals surface area contributed by atoms with Gasteiger partial charge in [0, 0.05) is 0 Å². The van der Waals surface area contributed by atoms with Crippen molar-refractivity contribution >= 4 is 6.29 Å². The van der Waals surface area contributed by atoms with Gasteiger partial charge in [-0.25, -0.2) is 0 Å². The van der Waals surface area contributed by atoms with Crippen molar-refractivity contribution in [1.82, 2.24) is 0 Å². The number of carbonyl (C=O) groups is 1. The summed E-state index contributed by atoms with van der Waals surface area (Å²) in [5.41, 5.74) is 0.965. The smallest absolute Gasteiger partial charge is 0.116 e.